The van der Waals surface area contributed by atoms with Crippen LogP contribution in [0.25, 0.3) is 22.4 Å². The van der Waals surface area contributed by atoms with Crippen LogP contribution >= 0.6 is 0 Å². The van der Waals surface area contributed by atoms with Crippen molar-refractivity contribution < 1.29 is 9.84 Å². The Morgan fingerprint density at radius 3 is 2.36 bits per heavy atom. The van der Waals surface area contributed by atoms with Crippen LogP contribution in [-0.4, -0.2) is 47.6 Å². The zero-order chi connectivity index (χ0) is 22.9. The van der Waals surface area contributed by atoms with Crippen LogP contribution in [0.3, 0.4) is 0 Å². The minimum atomic E-state index is 0.189. The normalized spacial score (nSPS) is 22.1. The molecular formula is C27H32N4O2. The molecule has 1 aromatic heterocycles. The maximum absolute atomic E-state index is 10.7. The summed E-state index contributed by atoms with van der Waals surface area (Å²) in [6.45, 7) is 2.01. The van der Waals surface area contributed by atoms with E-state index < -0.39 is 0 Å². The Morgan fingerprint density at radius 2 is 1.70 bits per heavy atom. The molecule has 2 atom stereocenters. The van der Waals surface area contributed by atoms with Crippen molar-refractivity contribution in [1.29, 1.82) is 0 Å². The lowest BCUT2D eigenvalue weighted by Gasteiger charge is -2.43. The number of methoxy groups -OCH3 is 1. The maximum Gasteiger partial charge on any atom is 0.151 e. The van der Waals surface area contributed by atoms with Crippen molar-refractivity contribution >= 4 is 5.82 Å². The molecule has 0 radical (unpaired) electrons. The second-order valence-corrected chi connectivity index (χ2v) is 9.42. The third kappa shape index (κ3) is 4.40. The zero-order valence-corrected chi connectivity index (χ0v) is 19.6. The van der Waals surface area contributed by atoms with Gasteiger partial charge < -0.3 is 20.1 Å². The van der Waals surface area contributed by atoms with Gasteiger partial charge in [0.1, 0.15) is 11.5 Å². The number of hydrogen-bond acceptors (Lipinski definition) is 6. The molecular weight excluding hydrogens is 412 g/mol. The number of rotatable bonds is 5. The standard InChI is InChI=1S/C27H32N4O2/c1-17-7-8-19(14-26(17)33-3)18-9-10-23(25(32)13-18)24-11-12-27(30-29-24)31(2)22-15-20-5-4-6-21(16-22)28-20/h7-14,20-22,28,32H,4-6,15-16H2,1-3H3. The van der Waals surface area contributed by atoms with Gasteiger partial charge >= 0.3 is 0 Å². The molecule has 2 saturated heterocycles. The fraction of sp³-hybridized carbons (Fsp3) is 0.407. The van der Waals surface area contributed by atoms with Crippen LogP contribution in [-0.2, 0) is 0 Å². The molecule has 2 aliphatic heterocycles. The molecule has 0 aliphatic carbocycles. The molecule has 3 heterocycles. The van der Waals surface area contributed by atoms with Crippen LogP contribution in [0.15, 0.2) is 48.5 Å². The third-order valence-electron chi connectivity index (χ3n) is 7.26. The number of ether oxygens (including phenoxy) is 1. The Labute approximate surface area is 195 Å². The van der Waals surface area contributed by atoms with Crippen molar-refractivity contribution in [2.24, 2.45) is 0 Å². The summed E-state index contributed by atoms with van der Waals surface area (Å²) in [6, 6.07) is 17.4. The van der Waals surface area contributed by atoms with E-state index in [0.717, 1.165) is 41.1 Å². The van der Waals surface area contributed by atoms with Crippen LogP contribution in [0.4, 0.5) is 5.82 Å². The monoisotopic (exact) mass is 444 g/mol. The molecule has 2 aromatic carbocycles. The first kappa shape index (κ1) is 21.7. The molecule has 2 unspecified atom stereocenters. The van der Waals surface area contributed by atoms with Gasteiger partial charge in [0.05, 0.1) is 12.8 Å². The molecule has 6 nitrogen and oxygen atoms in total. The van der Waals surface area contributed by atoms with Gasteiger partial charge in [0, 0.05) is 30.7 Å². The highest BCUT2D eigenvalue weighted by atomic mass is 16.5. The molecule has 33 heavy (non-hydrogen) atoms. The maximum atomic E-state index is 10.7. The van der Waals surface area contributed by atoms with E-state index in [4.69, 9.17) is 4.74 Å². The van der Waals surface area contributed by atoms with Gasteiger partial charge in [0.2, 0.25) is 0 Å². The minimum Gasteiger partial charge on any atom is -0.507 e. The van der Waals surface area contributed by atoms with E-state index in [9.17, 15) is 5.11 Å². The lowest BCUT2D eigenvalue weighted by atomic mass is 9.83. The molecule has 2 fully saturated rings. The molecule has 172 valence electrons. The number of phenolic OH excluding ortho intramolecular Hbond substituents is 1. The van der Waals surface area contributed by atoms with Crippen molar-refractivity contribution in [1.82, 2.24) is 15.5 Å². The van der Waals surface area contributed by atoms with Gasteiger partial charge in [-0.1, -0.05) is 24.6 Å². The summed E-state index contributed by atoms with van der Waals surface area (Å²) in [6.07, 6.45) is 6.20. The molecule has 0 amide bonds. The number of aryl methyl sites for hydroxylation is 1. The highest BCUT2D eigenvalue weighted by Gasteiger charge is 2.33. The summed E-state index contributed by atoms with van der Waals surface area (Å²) in [4.78, 5) is 2.27. The summed E-state index contributed by atoms with van der Waals surface area (Å²) >= 11 is 0. The number of aromatic nitrogens is 2. The number of benzene rings is 2. The number of aromatic hydroxyl groups is 1. The third-order valence-corrected chi connectivity index (χ3v) is 7.26. The van der Waals surface area contributed by atoms with E-state index in [0.29, 0.717) is 29.4 Å². The summed E-state index contributed by atoms with van der Waals surface area (Å²) in [5, 5.41) is 23.5. The molecule has 0 saturated carbocycles. The molecule has 3 aromatic rings. The highest BCUT2D eigenvalue weighted by Crippen LogP contribution is 2.35. The fourth-order valence-corrected chi connectivity index (χ4v) is 5.32. The first-order valence-corrected chi connectivity index (χ1v) is 11.8. The Balaban J connectivity index is 1.34. The predicted molar refractivity (Wildman–Crippen MR) is 132 cm³/mol. The number of phenols is 1. The Morgan fingerprint density at radius 1 is 0.970 bits per heavy atom. The van der Waals surface area contributed by atoms with Crippen molar-refractivity contribution in [3.05, 3.63) is 54.1 Å². The van der Waals surface area contributed by atoms with Gasteiger partial charge in [-0.05, 0) is 79.6 Å². The average molecular weight is 445 g/mol. The molecule has 5 rings (SSSR count). The largest absolute Gasteiger partial charge is 0.507 e. The first-order valence-electron chi connectivity index (χ1n) is 11.8. The molecule has 2 bridgehead atoms. The van der Waals surface area contributed by atoms with Crippen LogP contribution in [0.5, 0.6) is 11.5 Å². The Kier molecular flexibility index (Phi) is 5.94. The molecule has 6 heteroatoms. The predicted octanol–water partition coefficient (Wildman–Crippen LogP) is 4.94. The van der Waals surface area contributed by atoms with Crippen molar-refractivity contribution in [2.45, 2.75) is 57.2 Å². The topological polar surface area (TPSA) is 70.5 Å². The van der Waals surface area contributed by atoms with Gasteiger partial charge in [-0.3, -0.25) is 0 Å². The van der Waals surface area contributed by atoms with Gasteiger partial charge in [-0.25, -0.2) is 0 Å². The highest BCUT2D eigenvalue weighted by molar-refractivity contribution is 5.75. The second-order valence-electron chi connectivity index (χ2n) is 9.42. The molecule has 2 N–H and O–H groups in total. The summed E-state index contributed by atoms with van der Waals surface area (Å²) in [5.74, 6) is 1.90. The average Bonchev–Trinajstić information content (AvgIpc) is 2.84. The molecule has 2 aliphatic rings. The van der Waals surface area contributed by atoms with Crippen LogP contribution in [0.1, 0.15) is 37.7 Å². The quantitative estimate of drug-likeness (QED) is 0.581. The lowest BCUT2D eigenvalue weighted by Crippen LogP contribution is -2.54. The van der Waals surface area contributed by atoms with E-state index in [-0.39, 0.29) is 5.75 Å². The van der Waals surface area contributed by atoms with Crippen LogP contribution in [0.2, 0.25) is 0 Å². The lowest BCUT2D eigenvalue weighted by molar-refractivity contribution is 0.219. The number of anilines is 1. The number of fused-ring (bicyclic) bond motifs is 2. The van der Waals surface area contributed by atoms with Crippen molar-refractivity contribution in [2.75, 3.05) is 19.1 Å². The van der Waals surface area contributed by atoms with Crippen LogP contribution < -0.4 is 15.0 Å². The van der Waals surface area contributed by atoms with Gasteiger partial charge in [0.15, 0.2) is 5.82 Å². The molecule has 0 spiro atoms. The smallest absolute Gasteiger partial charge is 0.151 e. The SMILES string of the molecule is COc1cc(-c2ccc(-c3ccc(N(C)C4CC5CCCC(C4)N5)nn3)c(O)c2)ccc1C. The Hall–Kier alpha value is -3.12. The number of nitrogens with zero attached hydrogens (tertiary/aromatic N) is 3. The van der Waals surface area contributed by atoms with E-state index >= 15 is 0 Å². The fourth-order valence-electron chi connectivity index (χ4n) is 5.32. The van der Waals surface area contributed by atoms with E-state index in [1.54, 1.807) is 13.2 Å². The van der Waals surface area contributed by atoms with Crippen molar-refractivity contribution in [3.63, 3.8) is 0 Å². The van der Waals surface area contributed by atoms with Gasteiger partial charge in [-0.15, -0.1) is 10.2 Å². The van der Waals surface area contributed by atoms with E-state index in [1.807, 2.05) is 49.4 Å². The van der Waals surface area contributed by atoms with Crippen molar-refractivity contribution in [3.8, 4) is 33.9 Å². The van der Waals surface area contributed by atoms with E-state index in [2.05, 4.69) is 27.5 Å². The number of nitrogens with one attached hydrogen (secondary N) is 1. The second kappa shape index (κ2) is 9.02. The van der Waals surface area contributed by atoms with Gasteiger partial charge in [-0.2, -0.15) is 0 Å². The summed E-state index contributed by atoms with van der Waals surface area (Å²) in [7, 11) is 3.79. The number of hydrogen-bond donors (Lipinski definition) is 2. The van der Waals surface area contributed by atoms with Crippen LogP contribution in [0, 0.1) is 6.92 Å². The first-order chi connectivity index (χ1) is 16.0. The summed E-state index contributed by atoms with van der Waals surface area (Å²) in [5.41, 5.74) is 4.34. The van der Waals surface area contributed by atoms with E-state index in [1.165, 1.54) is 19.3 Å². The van der Waals surface area contributed by atoms with Gasteiger partial charge in [0.25, 0.3) is 0 Å². The summed E-state index contributed by atoms with van der Waals surface area (Å²) < 4.78 is 5.44. The minimum absolute atomic E-state index is 0.189. The zero-order valence-electron chi connectivity index (χ0n) is 19.6. The number of piperidine rings is 2. The Bertz CT molecular complexity index is 1120.